The molecule has 0 fully saturated rings. The number of carboxylic acid groups (broad SMARTS) is 1. The minimum absolute atomic E-state index is 0.156. The lowest BCUT2D eigenvalue weighted by Gasteiger charge is -2.29. The number of rotatable bonds is 3. The van der Waals surface area contributed by atoms with Crippen LogP contribution >= 0.6 is 0 Å². The van der Waals surface area contributed by atoms with E-state index in [-0.39, 0.29) is 5.75 Å². The van der Waals surface area contributed by atoms with E-state index in [2.05, 4.69) is 0 Å². The summed E-state index contributed by atoms with van der Waals surface area (Å²) in [5, 5.41) is 18.5. The summed E-state index contributed by atoms with van der Waals surface area (Å²) in [6, 6.07) is 4.10. The van der Waals surface area contributed by atoms with E-state index in [9.17, 15) is 9.90 Å². The number of carboxylic acids is 1. The number of nitrogens with two attached hydrogens (primary N) is 1. The molecule has 1 atom stereocenters. The Morgan fingerprint density at radius 2 is 2.00 bits per heavy atom. The Balaban J connectivity index is 3.16. The van der Waals surface area contributed by atoms with Crippen molar-refractivity contribution in [2.75, 3.05) is 0 Å². The molecule has 0 aliphatic heterocycles. The Bertz CT molecular complexity index is 413. The van der Waals surface area contributed by atoms with Crippen LogP contribution in [0.2, 0.25) is 0 Å². The summed E-state index contributed by atoms with van der Waals surface area (Å²) >= 11 is 0. The van der Waals surface area contributed by atoms with Gasteiger partial charge in [0.25, 0.3) is 0 Å². The van der Waals surface area contributed by atoms with Crippen LogP contribution in [0, 0.1) is 6.92 Å². The number of aryl methyl sites for hydroxylation is 1. The monoisotopic (exact) mass is 223 g/mol. The highest BCUT2D eigenvalue weighted by molar-refractivity contribution is 5.75. The molecular formula is C12H17NO3. The molecule has 0 saturated carbocycles. The standard InChI is InChI=1S/C12H17NO3/c1-7-4-5-8(6-9(7)14)12(2,3)10(13)11(15)16/h4-6,10,14H,13H2,1-3H3,(H,15,16). The van der Waals surface area contributed by atoms with Gasteiger partial charge in [-0.3, -0.25) is 4.79 Å². The summed E-state index contributed by atoms with van der Waals surface area (Å²) in [6.07, 6.45) is 0. The molecule has 1 unspecified atom stereocenters. The van der Waals surface area contributed by atoms with Gasteiger partial charge in [0.05, 0.1) is 0 Å². The van der Waals surface area contributed by atoms with Crippen molar-refractivity contribution in [2.24, 2.45) is 5.73 Å². The van der Waals surface area contributed by atoms with E-state index in [1.54, 1.807) is 39.0 Å². The first-order valence-corrected chi connectivity index (χ1v) is 5.05. The Labute approximate surface area is 94.7 Å². The molecule has 4 nitrogen and oxygen atoms in total. The molecule has 0 aromatic heterocycles. The fourth-order valence-corrected chi connectivity index (χ4v) is 1.50. The van der Waals surface area contributed by atoms with Crippen molar-refractivity contribution in [2.45, 2.75) is 32.2 Å². The van der Waals surface area contributed by atoms with Crippen molar-refractivity contribution in [1.29, 1.82) is 0 Å². The Morgan fingerprint density at radius 3 is 2.44 bits per heavy atom. The summed E-state index contributed by atoms with van der Waals surface area (Å²) in [5.41, 5.74) is 6.37. The maximum Gasteiger partial charge on any atom is 0.321 e. The van der Waals surface area contributed by atoms with Crippen LogP contribution in [-0.4, -0.2) is 22.2 Å². The van der Waals surface area contributed by atoms with E-state index >= 15 is 0 Å². The van der Waals surface area contributed by atoms with Crippen LogP contribution in [0.5, 0.6) is 5.75 Å². The van der Waals surface area contributed by atoms with Crippen molar-refractivity contribution in [3.63, 3.8) is 0 Å². The SMILES string of the molecule is Cc1ccc(C(C)(C)C(N)C(=O)O)cc1O. The van der Waals surface area contributed by atoms with Crippen LogP contribution in [0.3, 0.4) is 0 Å². The lowest BCUT2D eigenvalue weighted by Crippen LogP contribution is -2.46. The van der Waals surface area contributed by atoms with Gasteiger partial charge in [0.2, 0.25) is 0 Å². The molecular weight excluding hydrogens is 206 g/mol. The number of phenols is 1. The van der Waals surface area contributed by atoms with Crippen LogP contribution in [0.15, 0.2) is 18.2 Å². The fourth-order valence-electron chi connectivity index (χ4n) is 1.50. The lowest BCUT2D eigenvalue weighted by atomic mass is 9.78. The van der Waals surface area contributed by atoms with Gasteiger partial charge in [-0.25, -0.2) is 0 Å². The third-order valence-electron chi connectivity index (χ3n) is 3.00. The lowest BCUT2D eigenvalue weighted by molar-refractivity contribution is -0.140. The van der Waals surface area contributed by atoms with Gasteiger partial charge < -0.3 is 15.9 Å². The number of hydrogen-bond donors (Lipinski definition) is 3. The number of aromatic hydroxyl groups is 1. The second-order valence-corrected chi connectivity index (χ2v) is 4.54. The highest BCUT2D eigenvalue weighted by atomic mass is 16.4. The molecule has 0 amide bonds. The number of aliphatic carboxylic acids is 1. The van der Waals surface area contributed by atoms with Gasteiger partial charge >= 0.3 is 5.97 Å². The van der Waals surface area contributed by atoms with E-state index in [4.69, 9.17) is 10.8 Å². The summed E-state index contributed by atoms with van der Waals surface area (Å²) in [6.45, 7) is 5.27. The van der Waals surface area contributed by atoms with E-state index in [1.165, 1.54) is 0 Å². The van der Waals surface area contributed by atoms with E-state index in [1.807, 2.05) is 0 Å². The Morgan fingerprint density at radius 1 is 1.44 bits per heavy atom. The highest BCUT2D eigenvalue weighted by Crippen LogP contribution is 2.30. The molecule has 1 aromatic rings. The molecule has 0 spiro atoms. The molecule has 4 heteroatoms. The first-order chi connectivity index (χ1) is 7.26. The zero-order valence-corrected chi connectivity index (χ0v) is 9.69. The maximum atomic E-state index is 10.9. The molecule has 0 heterocycles. The summed E-state index contributed by atoms with van der Waals surface area (Å²) in [5.74, 6) is -0.895. The van der Waals surface area contributed by atoms with E-state index in [0.717, 1.165) is 5.56 Å². The summed E-state index contributed by atoms with van der Waals surface area (Å²) in [7, 11) is 0. The number of benzene rings is 1. The van der Waals surface area contributed by atoms with Gasteiger partial charge in [-0.1, -0.05) is 26.0 Å². The second-order valence-electron chi connectivity index (χ2n) is 4.54. The van der Waals surface area contributed by atoms with Crippen LogP contribution in [0.4, 0.5) is 0 Å². The van der Waals surface area contributed by atoms with Crippen LogP contribution in [0.1, 0.15) is 25.0 Å². The quantitative estimate of drug-likeness (QED) is 0.723. The van der Waals surface area contributed by atoms with Crippen LogP contribution < -0.4 is 5.73 Å². The van der Waals surface area contributed by atoms with Gasteiger partial charge in [0, 0.05) is 5.41 Å². The Hall–Kier alpha value is -1.55. The molecule has 4 N–H and O–H groups in total. The van der Waals surface area contributed by atoms with E-state index in [0.29, 0.717) is 5.56 Å². The first kappa shape index (κ1) is 12.5. The van der Waals surface area contributed by atoms with Gasteiger partial charge in [0.1, 0.15) is 11.8 Å². The third kappa shape index (κ3) is 2.17. The van der Waals surface area contributed by atoms with E-state index < -0.39 is 17.4 Å². The minimum atomic E-state index is -1.05. The topological polar surface area (TPSA) is 83.6 Å². The maximum absolute atomic E-state index is 10.9. The molecule has 0 saturated heterocycles. The second kappa shape index (κ2) is 4.14. The largest absolute Gasteiger partial charge is 0.508 e. The van der Waals surface area contributed by atoms with Crippen molar-refractivity contribution < 1.29 is 15.0 Å². The van der Waals surface area contributed by atoms with Gasteiger partial charge in [-0.2, -0.15) is 0 Å². The average molecular weight is 223 g/mol. The van der Waals surface area contributed by atoms with Crippen LogP contribution in [-0.2, 0) is 10.2 Å². The zero-order chi connectivity index (χ0) is 12.5. The summed E-state index contributed by atoms with van der Waals surface area (Å²) in [4.78, 5) is 10.9. The molecule has 0 aliphatic carbocycles. The molecule has 0 radical (unpaired) electrons. The number of carbonyl (C=O) groups is 1. The molecule has 0 bridgehead atoms. The first-order valence-electron chi connectivity index (χ1n) is 5.05. The predicted octanol–water partition coefficient (Wildman–Crippen LogP) is 1.39. The molecule has 88 valence electrons. The molecule has 1 aromatic carbocycles. The molecule has 1 rings (SSSR count). The van der Waals surface area contributed by atoms with Crippen molar-refractivity contribution in [3.8, 4) is 5.75 Å². The Kier molecular flexibility index (Phi) is 3.24. The van der Waals surface area contributed by atoms with Crippen molar-refractivity contribution >= 4 is 5.97 Å². The van der Waals surface area contributed by atoms with Crippen molar-refractivity contribution in [3.05, 3.63) is 29.3 Å². The highest BCUT2D eigenvalue weighted by Gasteiger charge is 2.33. The van der Waals surface area contributed by atoms with Gasteiger partial charge in [-0.05, 0) is 24.1 Å². The smallest absolute Gasteiger partial charge is 0.321 e. The minimum Gasteiger partial charge on any atom is -0.508 e. The zero-order valence-electron chi connectivity index (χ0n) is 9.69. The average Bonchev–Trinajstić information content (AvgIpc) is 2.20. The fraction of sp³-hybridized carbons (Fsp3) is 0.417. The van der Waals surface area contributed by atoms with Gasteiger partial charge in [0.15, 0.2) is 0 Å². The molecule has 16 heavy (non-hydrogen) atoms. The van der Waals surface area contributed by atoms with Crippen LogP contribution in [0.25, 0.3) is 0 Å². The predicted molar refractivity (Wildman–Crippen MR) is 61.5 cm³/mol. The number of hydrogen-bond acceptors (Lipinski definition) is 3. The third-order valence-corrected chi connectivity index (χ3v) is 3.00. The summed E-state index contributed by atoms with van der Waals surface area (Å²) < 4.78 is 0. The number of phenolic OH excluding ortho intramolecular Hbond substituents is 1. The van der Waals surface area contributed by atoms with Gasteiger partial charge in [-0.15, -0.1) is 0 Å². The normalized spacial score (nSPS) is 13.5. The molecule has 0 aliphatic rings. The van der Waals surface area contributed by atoms with Crippen molar-refractivity contribution in [1.82, 2.24) is 0 Å².